The van der Waals surface area contributed by atoms with E-state index >= 15 is 0 Å². The summed E-state index contributed by atoms with van der Waals surface area (Å²) in [7, 11) is 1.72. The van der Waals surface area contributed by atoms with Gasteiger partial charge in [0.05, 0.1) is 11.8 Å². The molecule has 25 heavy (non-hydrogen) atoms. The SMILES string of the molecule is CN(Cc1ccc(Cl)cc1)C(=O)CCN1C(=O)[C@@H]2CC=CC[C@H]2C1=O. The topological polar surface area (TPSA) is 57.7 Å². The monoisotopic (exact) mass is 360 g/mol. The fraction of sp³-hybridized carbons (Fsp3) is 0.421. The summed E-state index contributed by atoms with van der Waals surface area (Å²) >= 11 is 5.86. The number of nitrogens with zero attached hydrogens (tertiary/aromatic N) is 2. The molecule has 5 nitrogen and oxygen atoms in total. The first-order chi connectivity index (χ1) is 12.0. The van der Waals surface area contributed by atoms with E-state index in [4.69, 9.17) is 11.6 Å². The van der Waals surface area contributed by atoms with Crippen LogP contribution in [-0.2, 0) is 20.9 Å². The van der Waals surface area contributed by atoms with E-state index in [9.17, 15) is 14.4 Å². The highest BCUT2D eigenvalue weighted by atomic mass is 35.5. The zero-order valence-corrected chi connectivity index (χ0v) is 14.9. The lowest BCUT2D eigenvalue weighted by Gasteiger charge is -2.20. The fourth-order valence-electron chi connectivity index (χ4n) is 3.44. The van der Waals surface area contributed by atoms with Crippen molar-refractivity contribution in [2.45, 2.75) is 25.8 Å². The number of amides is 3. The zero-order valence-electron chi connectivity index (χ0n) is 14.2. The third-order valence-electron chi connectivity index (χ3n) is 4.91. The van der Waals surface area contributed by atoms with Crippen molar-refractivity contribution in [3.05, 3.63) is 47.0 Å². The van der Waals surface area contributed by atoms with Crippen LogP contribution in [0.1, 0.15) is 24.8 Å². The van der Waals surface area contributed by atoms with Crippen molar-refractivity contribution >= 4 is 29.3 Å². The summed E-state index contributed by atoms with van der Waals surface area (Å²) < 4.78 is 0. The van der Waals surface area contributed by atoms with Gasteiger partial charge >= 0.3 is 0 Å². The molecule has 0 spiro atoms. The minimum atomic E-state index is -0.237. The molecular formula is C19H21ClN2O3. The smallest absolute Gasteiger partial charge is 0.233 e. The van der Waals surface area contributed by atoms with Crippen LogP contribution in [-0.4, -0.2) is 41.1 Å². The van der Waals surface area contributed by atoms with E-state index in [0.717, 1.165) is 5.56 Å². The third kappa shape index (κ3) is 3.76. The molecule has 0 saturated carbocycles. The average Bonchev–Trinajstić information content (AvgIpc) is 2.86. The molecule has 2 atom stereocenters. The van der Waals surface area contributed by atoms with Gasteiger partial charge in [0.15, 0.2) is 0 Å². The number of carbonyl (C=O) groups excluding carboxylic acids is 3. The lowest BCUT2D eigenvalue weighted by molar-refractivity contribution is -0.140. The highest BCUT2D eigenvalue weighted by Crippen LogP contribution is 2.35. The number of imide groups is 1. The molecule has 0 aromatic heterocycles. The predicted octanol–water partition coefficient (Wildman–Crippen LogP) is 2.64. The van der Waals surface area contributed by atoms with Crippen LogP contribution in [0.3, 0.4) is 0 Å². The molecule has 2 aliphatic rings. The van der Waals surface area contributed by atoms with Gasteiger partial charge in [0.25, 0.3) is 0 Å². The van der Waals surface area contributed by atoms with Crippen LogP contribution < -0.4 is 0 Å². The lowest BCUT2D eigenvalue weighted by atomic mass is 9.85. The van der Waals surface area contributed by atoms with Crippen LogP contribution >= 0.6 is 11.6 Å². The molecule has 1 aromatic carbocycles. The first-order valence-corrected chi connectivity index (χ1v) is 8.84. The van der Waals surface area contributed by atoms with E-state index in [1.807, 2.05) is 24.3 Å². The second kappa shape index (κ2) is 7.40. The van der Waals surface area contributed by atoms with E-state index in [0.29, 0.717) is 24.4 Å². The van der Waals surface area contributed by atoms with Crippen molar-refractivity contribution in [3.8, 4) is 0 Å². The van der Waals surface area contributed by atoms with E-state index < -0.39 is 0 Å². The molecule has 1 fully saturated rings. The molecule has 1 aromatic rings. The van der Waals surface area contributed by atoms with Gasteiger partial charge < -0.3 is 4.90 Å². The Bertz CT molecular complexity index is 688. The Morgan fingerprint density at radius 3 is 2.24 bits per heavy atom. The number of allylic oxidation sites excluding steroid dienone is 2. The Morgan fingerprint density at radius 1 is 1.12 bits per heavy atom. The first kappa shape index (κ1) is 17.7. The average molecular weight is 361 g/mol. The maximum absolute atomic E-state index is 12.4. The summed E-state index contributed by atoms with van der Waals surface area (Å²) in [6.07, 6.45) is 5.31. The van der Waals surface area contributed by atoms with Gasteiger partial charge in [-0.1, -0.05) is 35.9 Å². The number of rotatable bonds is 5. The van der Waals surface area contributed by atoms with Crippen molar-refractivity contribution in [1.82, 2.24) is 9.80 Å². The van der Waals surface area contributed by atoms with Crippen LogP contribution in [0.25, 0.3) is 0 Å². The molecule has 1 saturated heterocycles. The van der Waals surface area contributed by atoms with Crippen molar-refractivity contribution in [2.75, 3.05) is 13.6 Å². The zero-order chi connectivity index (χ0) is 18.0. The van der Waals surface area contributed by atoms with E-state index in [2.05, 4.69) is 0 Å². The van der Waals surface area contributed by atoms with Crippen LogP contribution in [0, 0.1) is 11.8 Å². The van der Waals surface area contributed by atoms with Gasteiger partial charge in [-0.25, -0.2) is 0 Å². The Morgan fingerprint density at radius 2 is 1.68 bits per heavy atom. The maximum Gasteiger partial charge on any atom is 0.233 e. The molecule has 1 aliphatic heterocycles. The Hall–Kier alpha value is -2.14. The lowest BCUT2D eigenvalue weighted by Crippen LogP contribution is -2.36. The standard InChI is InChI=1S/C19H21ClN2O3/c1-21(12-13-6-8-14(20)9-7-13)17(23)10-11-22-18(24)15-4-2-3-5-16(15)19(22)25/h2-3,6-9,15-16H,4-5,10-12H2,1H3/t15-,16-/m1/s1. The number of halogens is 1. The minimum Gasteiger partial charge on any atom is -0.341 e. The number of hydrogen-bond acceptors (Lipinski definition) is 3. The largest absolute Gasteiger partial charge is 0.341 e. The summed E-state index contributed by atoms with van der Waals surface area (Å²) in [5, 5.41) is 0.653. The van der Waals surface area contributed by atoms with Gasteiger partial charge in [0.1, 0.15) is 0 Å². The third-order valence-corrected chi connectivity index (χ3v) is 5.16. The molecule has 6 heteroatoms. The van der Waals surface area contributed by atoms with Crippen molar-refractivity contribution in [2.24, 2.45) is 11.8 Å². The molecule has 3 rings (SSSR count). The molecule has 0 radical (unpaired) electrons. The highest BCUT2D eigenvalue weighted by molar-refractivity contribution is 6.30. The second-order valence-electron chi connectivity index (χ2n) is 6.61. The van der Waals surface area contributed by atoms with Crippen LogP contribution in [0.4, 0.5) is 0 Å². The molecule has 1 aliphatic carbocycles. The van der Waals surface area contributed by atoms with Crippen LogP contribution in [0.2, 0.25) is 5.02 Å². The molecule has 0 bridgehead atoms. The summed E-state index contributed by atoms with van der Waals surface area (Å²) in [4.78, 5) is 40.0. The predicted molar refractivity (Wildman–Crippen MR) is 94.6 cm³/mol. The summed E-state index contributed by atoms with van der Waals surface area (Å²) in [6, 6.07) is 7.31. The normalized spacial score (nSPS) is 22.2. The maximum atomic E-state index is 12.4. The van der Waals surface area contributed by atoms with Gasteiger partial charge in [0.2, 0.25) is 17.7 Å². The number of benzene rings is 1. The number of carbonyl (C=O) groups is 3. The van der Waals surface area contributed by atoms with E-state index in [-0.39, 0.29) is 42.5 Å². The van der Waals surface area contributed by atoms with Gasteiger partial charge in [-0.05, 0) is 30.5 Å². The Kier molecular flexibility index (Phi) is 5.23. The molecule has 0 N–H and O–H groups in total. The molecule has 0 unspecified atom stereocenters. The van der Waals surface area contributed by atoms with E-state index in [1.165, 1.54) is 4.90 Å². The second-order valence-corrected chi connectivity index (χ2v) is 7.05. The van der Waals surface area contributed by atoms with Crippen molar-refractivity contribution in [1.29, 1.82) is 0 Å². The van der Waals surface area contributed by atoms with Gasteiger partial charge in [-0.2, -0.15) is 0 Å². The van der Waals surface area contributed by atoms with Crippen molar-refractivity contribution < 1.29 is 14.4 Å². The summed E-state index contributed by atoms with van der Waals surface area (Å²) in [6.45, 7) is 0.627. The number of fused-ring (bicyclic) bond motifs is 1. The summed E-state index contributed by atoms with van der Waals surface area (Å²) in [5.41, 5.74) is 0.977. The molecule has 132 valence electrons. The van der Waals surface area contributed by atoms with E-state index in [1.54, 1.807) is 24.1 Å². The van der Waals surface area contributed by atoms with Crippen LogP contribution in [0.15, 0.2) is 36.4 Å². The molecular weight excluding hydrogens is 340 g/mol. The Balaban J connectivity index is 1.54. The number of likely N-dealkylation sites (tertiary alicyclic amines) is 1. The molecule has 1 heterocycles. The fourth-order valence-corrected chi connectivity index (χ4v) is 3.57. The molecule has 3 amide bonds. The van der Waals surface area contributed by atoms with Gasteiger partial charge in [0, 0.05) is 31.6 Å². The first-order valence-electron chi connectivity index (χ1n) is 8.46. The number of hydrogen-bond donors (Lipinski definition) is 0. The summed E-state index contributed by atoms with van der Waals surface area (Å²) in [5.74, 6) is -0.831. The van der Waals surface area contributed by atoms with Crippen molar-refractivity contribution in [3.63, 3.8) is 0 Å². The van der Waals surface area contributed by atoms with Crippen LogP contribution in [0.5, 0.6) is 0 Å². The van der Waals surface area contributed by atoms with Gasteiger partial charge in [-0.15, -0.1) is 0 Å². The Labute approximate surface area is 152 Å². The highest BCUT2D eigenvalue weighted by Gasteiger charge is 2.46. The minimum absolute atomic E-state index is 0.0939. The van der Waals surface area contributed by atoms with Gasteiger partial charge in [-0.3, -0.25) is 19.3 Å². The quantitative estimate of drug-likeness (QED) is 0.599.